The van der Waals surface area contributed by atoms with Crippen LogP contribution in [-0.4, -0.2) is 13.7 Å². The molecule has 0 unspecified atom stereocenters. The van der Waals surface area contributed by atoms with Crippen molar-refractivity contribution in [1.29, 1.82) is 0 Å². The van der Waals surface area contributed by atoms with Crippen LogP contribution in [0.5, 0.6) is 0 Å². The molecule has 0 N–H and O–H groups in total. The monoisotopic (exact) mass is 1100 g/mol. The van der Waals surface area contributed by atoms with Crippen molar-refractivity contribution in [2.45, 2.75) is 105 Å². The zero-order chi connectivity index (χ0) is 56.3. The van der Waals surface area contributed by atoms with Crippen molar-refractivity contribution in [3.63, 3.8) is 0 Å². The van der Waals surface area contributed by atoms with Crippen molar-refractivity contribution in [2.24, 2.45) is 0 Å². The van der Waals surface area contributed by atoms with Gasteiger partial charge in [-0.15, -0.1) is 22.7 Å². The number of para-hydroxylation sites is 1. The van der Waals surface area contributed by atoms with Crippen LogP contribution in [0.2, 0.25) is 0 Å². The van der Waals surface area contributed by atoms with Crippen LogP contribution in [0.25, 0.3) is 145 Å². The van der Waals surface area contributed by atoms with Crippen LogP contribution in [-0.2, 0) is 21.7 Å². The normalized spacial score (nSPS) is 13.4. The summed E-state index contributed by atoms with van der Waals surface area (Å²) in [6.07, 6.45) is 0. The predicted octanol–water partition coefficient (Wildman–Crippen LogP) is 22.8. The fourth-order valence-corrected chi connectivity index (χ4v) is 16.2. The number of furan rings is 1. The molecule has 0 saturated carbocycles. The number of fused-ring (bicyclic) bond motifs is 20. The van der Waals surface area contributed by atoms with E-state index in [0.717, 1.165) is 38.7 Å². The van der Waals surface area contributed by atoms with E-state index in [-0.39, 0.29) is 21.7 Å². The van der Waals surface area contributed by atoms with Crippen LogP contribution in [0.15, 0.2) is 180 Å². The molecular formula is C76H65N3OS2. The van der Waals surface area contributed by atoms with E-state index < -0.39 is 0 Å². The molecule has 0 spiro atoms. The lowest BCUT2D eigenvalue weighted by Gasteiger charge is -2.19. The molecule has 0 atom stereocenters. The highest BCUT2D eigenvalue weighted by molar-refractivity contribution is 7.27. The van der Waals surface area contributed by atoms with Gasteiger partial charge in [0.2, 0.25) is 0 Å². The van der Waals surface area contributed by atoms with Gasteiger partial charge in [-0.05, 0) is 135 Å². The highest BCUT2D eigenvalue weighted by atomic mass is 32.1. The molecule has 0 amide bonds. The van der Waals surface area contributed by atoms with Gasteiger partial charge in [-0.1, -0.05) is 168 Å². The standard InChI is InChI=1S/C76H65N3OS2/c1-73(2,3)42-28-32-53-49(36-42)50-37-43(74(4,5)6)29-33-54(50)77(53)58-40-60-70(72-67(58)47-21-14-17-26-64(47)82-72)69-59(79(60)57-23-19-25-63-66(57)46-20-13-16-24-62(46)80-63)41-61(71-68(69)48-22-15-18-27-65(48)81-71)78-55-34-30-44(75(7,8)9)38-51(55)52-39-45(76(10,11)12)31-35-56(52)78/h13-41H,1-12H3. The van der Waals surface area contributed by atoms with Crippen molar-refractivity contribution in [3.8, 4) is 17.1 Å². The largest absolute Gasteiger partial charge is 0.456 e. The number of hydrogen-bond acceptors (Lipinski definition) is 3. The number of rotatable bonds is 3. The number of hydrogen-bond donors (Lipinski definition) is 0. The Morgan fingerprint density at radius 1 is 0.280 bits per heavy atom. The van der Waals surface area contributed by atoms with Crippen molar-refractivity contribution in [2.75, 3.05) is 0 Å². The van der Waals surface area contributed by atoms with Crippen LogP contribution < -0.4 is 0 Å². The van der Waals surface area contributed by atoms with Gasteiger partial charge < -0.3 is 18.1 Å². The summed E-state index contributed by atoms with van der Waals surface area (Å²) in [7, 11) is 0. The molecule has 16 aromatic rings. The van der Waals surface area contributed by atoms with Crippen molar-refractivity contribution in [3.05, 3.63) is 198 Å². The van der Waals surface area contributed by atoms with E-state index in [0.29, 0.717) is 0 Å². The number of benzene rings is 10. The quantitative estimate of drug-likeness (QED) is 0.173. The maximum absolute atomic E-state index is 6.81. The first-order valence-electron chi connectivity index (χ1n) is 29.1. The Labute approximate surface area is 485 Å². The van der Waals surface area contributed by atoms with Gasteiger partial charge in [-0.3, -0.25) is 0 Å². The van der Waals surface area contributed by atoms with Crippen LogP contribution in [0.4, 0.5) is 0 Å². The van der Waals surface area contributed by atoms with Crippen LogP contribution in [0, 0.1) is 0 Å². The molecular weight excluding hydrogens is 1030 g/mol. The smallest absolute Gasteiger partial charge is 0.137 e. The van der Waals surface area contributed by atoms with E-state index >= 15 is 0 Å². The first-order valence-corrected chi connectivity index (χ1v) is 30.7. The Kier molecular flexibility index (Phi) is 10.1. The molecule has 0 radical (unpaired) electrons. The number of nitrogens with zero attached hydrogens (tertiary/aromatic N) is 3. The maximum Gasteiger partial charge on any atom is 0.137 e. The zero-order valence-electron chi connectivity index (χ0n) is 48.8. The minimum atomic E-state index is -0.0286. The van der Waals surface area contributed by atoms with E-state index in [9.17, 15) is 0 Å². The summed E-state index contributed by atoms with van der Waals surface area (Å²) in [5.41, 5.74) is 17.6. The van der Waals surface area contributed by atoms with E-state index in [2.05, 4.69) is 273 Å². The Bertz CT molecular complexity index is 5300. The van der Waals surface area contributed by atoms with Crippen LogP contribution in [0.3, 0.4) is 0 Å². The molecule has 6 aromatic heterocycles. The second-order valence-electron chi connectivity index (χ2n) is 27.4. The minimum absolute atomic E-state index is 0.0259. The Balaban J connectivity index is 1.15. The molecule has 0 aliphatic carbocycles. The van der Waals surface area contributed by atoms with E-state index in [1.807, 2.05) is 22.7 Å². The average Bonchev–Trinajstić information content (AvgIpc) is 1.65. The first-order chi connectivity index (χ1) is 39.2. The average molecular weight is 1100 g/mol. The summed E-state index contributed by atoms with van der Waals surface area (Å²) in [6, 6.07) is 67.6. The molecule has 16 rings (SSSR count). The molecule has 0 aliphatic heterocycles. The second kappa shape index (κ2) is 16.7. The molecule has 82 heavy (non-hydrogen) atoms. The summed E-state index contributed by atoms with van der Waals surface area (Å²) in [5, 5.41) is 15.0. The molecule has 0 fully saturated rings. The minimum Gasteiger partial charge on any atom is -0.456 e. The number of thiophene rings is 2. The molecule has 6 heterocycles. The third kappa shape index (κ3) is 7.01. The van der Waals surface area contributed by atoms with Gasteiger partial charge in [-0.2, -0.15) is 0 Å². The summed E-state index contributed by atoms with van der Waals surface area (Å²) < 4.78 is 19.8. The lowest BCUT2D eigenvalue weighted by Crippen LogP contribution is -2.10. The third-order valence-electron chi connectivity index (χ3n) is 18.0. The Morgan fingerprint density at radius 3 is 1.20 bits per heavy atom. The summed E-state index contributed by atoms with van der Waals surface area (Å²) in [6.45, 7) is 28.0. The molecule has 0 saturated heterocycles. The van der Waals surface area contributed by atoms with E-state index in [1.54, 1.807) is 0 Å². The lowest BCUT2D eigenvalue weighted by atomic mass is 9.85. The second-order valence-corrected chi connectivity index (χ2v) is 29.5. The summed E-state index contributed by atoms with van der Waals surface area (Å²) in [5.74, 6) is 0. The van der Waals surface area contributed by atoms with Gasteiger partial charge in [0.25, 0.3) is 0 Å². The van der Waals surface area contributed by atoms with Gasteiger partial charge in [0.05, 0.1) is 60.2 Å². The van der Waals surface area contributed by atoms with Crippen LogP contribution in [0.1, 0.15) is 105 Å². The van der Waals surface area contributed by atoms with Gasteiger partial charge in [-0.25, -0.2) is 0 Å². The fourth-order valence-electron chi connectivity index (χ4n) is 13.7. The Hall–Kier alpha value is -8.16. The zero-order valence-corrected chi connectivity index (χ0v) is 50.4. The highest BCUT2D eigenvalue weighted by Crippen LogP contribution is 2.54. The van der Waals surface area contributed by atoms with Gasteiger partial charge in [0.1, 0.15) is 11.2 Å². The van der Waals surface area contributed by atoms with E-state index in [4.69, 9.17) is 4.42 Å². The van der Waals surface area contributed by atoms with Crippen molar-refractivity contribution in [1.82, 2.24) is 13.7 Å². The molecule has 4 nitrogen and oxygen atoms in total. The van der Waals surface area contributed by atoms with Crippen LogP contribution >= 0.6 is 22.7 Å². The third-order valence-corrected chi connectivity index (χ3v) is 20.4. The molecule has 0 aliphatic rings. The summed E-state index contributed by atoms with van der Waals surface area (Å²) >= 11 is 3.86. The molecule has 6 heteroatoms. The Morgan fingerprint density at radius 2 is 0.683 bits per heavy atom. The number of aromatic nitrogens is 3. The van der Waals surface area contributed by atoms with Gasteiger partial charge >= 0.3 is 0 Å². The molecule has 10 aromatic carbocycles. The predicted molar refractivity (Wildman–Crippen MR) is 357 cm³/mol. The van der Waals surface area contributed by atoms with E-state index in [1.165, 1.54) is 128 Å². The first kappa shape index (κ1) is 49.6. The highest BCUT2D eigenvalue weighted by Gasteiger charge is 2.31. The maximum atomic E-state index is 6.81. The molecule has 0 bridgehead atoms. The topological polar surface area (TPSA) is 27.9 Å². The fraction of sp³-hybridized carbons (Fsp3) is 0.211. The van der Waals surface area contributed by atoms with Gasteiger partial charge in [0, 0.05) is 73.3 Å². The van der Waals surface area contributed by atoms with Crippen molar-refractivity contribution >= 4 is 150 Å². The SMILES string of the molecule is CC(C)(C)c1ccc2c(c1)c1cc(C(C)(C)C)ccc1n2-c1cc2c(c3c1sc1ccccc13)c1c3sc4ccccc4c3c(-n3c4ccc(C(C)(C)C)cc4c4cc(C(C)(C)C)ccc43)cc1n2-c1cccc2oc3ccccc3c12. The molecule has 402 valence electrons. The van der Waals surface area contributed by atoms with Gasteiger partial charge in [0.15, 0.2) is 0 Å². The van der Waals surface area contributed by atoms with Crippen molar-refractivity contribution < 1.29 is 4.42 Å². The lowest BCUT2D eigenvalue weighted by molar-refractivity contribution is 0.590. The summed E-state index contributed by atoms with van der Waals surface area (Å²) in [4.78, 5) is 0.